The summed E-state index contributed by atoms with van der Waals surface area (Å²) in [7, 11) is 0. The molecule has 0 unspecified atom stereocenters. The fourth-order valence-electron chi connectivity index (χ4n) is 3.32. The van der Waals surface area contributed by atoms with Crippen molar-refractivity contribution in [2.45, 2.75) is 45.8 Å². The maximum atomic E-state index is 13.5. The number of thiophene rings is 1. The molecule has 1 aromatic carbocycles. The second-order valence-electron chi connectivity index (χ2n) is 7.52. The lowest BCUT2D eigenvalue weighted by atomic mass is 10.1. The van der Waals surface area contributed by atoms with E-state index < -0.39 is 0 Å². The Bertz CT molecular complexity index is 1020. The number of amides is 1. The molecule has 0 bridgehead atoms. The third kappa shape index (κ3) is 3.67. The molecule has 1 saturated carbocycles. The van der Waals surface area contributed by atoms with Crippen LogP contribution in [0.1, 0.15) is 42.1 Å². The molecule has 2 heterocycles. The van der Waals surface area contributed by atoms with Gasteiger partial charge < -0.3 is 4.90 Å². The van der Waals surface area contributed by atoms with Crippen molar-refractivity contribution in [2.24, 2.45) is 5.92 Å². The smallest absolute Gasteiger partial charge is 0.275 e. The average molecular weight is 382 g/mol. The highest BCUT2D eigenvalue weighted by Gasteiger charge is 2.35. The molecule has 0 N–H and O–H groups in total. The van der Waals surface area contributed by atoms with E-state index in [1.165, 1.54) is 4.68 Å². The van der Waals surface area contributed by atoms with E-state index in [4.69, 9.17) is 0 Å². The minimum absolute atomic E-state index is 0.0837. The largest absolute Gasteiger partial charge is 0.329 e. The van der Waals surface area contributed by atoms with Crippen molar-refractivity contribution in [3.05, 3.63) is 62.7 Å². The molecule has 0 spiro atoms. The number of carbonyl (C=O) groups is 1. The summed E-state index contributed by atoms with van der Waals surface area (Å²) in [6.07, 6.45) is 2.06. The molecule has 0 radical (unpaired) electrons. The molecule has 5 nitrogen and oxygen atoms in total. The normalized spacial score (nSPS) is 14.0. The Labute approximate surface area is 162 Å². The van der Waals surface area contributed by atoms with E-state index in [1.807, 2.05) is 48.4 Å². The van der Waals surface area contributed by atoms with Gasteiger partial charge in [0, 0.05) is 22.8 Å². The van der Waals surface area contributed by atoms with Gasteiger partial charge >= 0.3 is 0 Å². The molecule has 4 rings (SSSR count). The second kappa shape index (κ2) is 7.27. The molecule has 27 heavy (non-hydrogen) atoms. The van der Waals surface area contributed by atoms with Crippen molar-refractivity contribution in [1.29, 1.82) is 0 Å². The Balaban J connectivity index is 1.80. The number of carbonyl (C=O) groups excluding carboxylic acids is 1. The number of benzene rings is 1. The number of fused-ring (bicyclic) bond motifs is 1. The molecular weight excluding hydrogens is 358 g/mol. The van der Waals surface area contributed by atoms with E-state index in [9.17, 15) is 9.59 Å². The monoisotopic (exact) mass is 381 g/mol. The van der Waals surface area contributed by atoms with E-state index in [0.29, 0.717) is 29.6 Å². The van der Waals surface area contributed by atoms with Crippen LogP contribution in [-0.4, -0.2) is 26.6 Å². The topological polar surface area (TPSA) is 55.2 Å². The van der Waals surface area contributed by atoms with Gasteiger partial charge in [0.15, 0.2) is 5.69 Å². The molecule has 2 aromatic heterocycles. The van der Waals surface area contributed by atoms with Gasteiger partial charge in [-0.15, -0.1) is 11.3 Å². The van der Waals surface area contributed by atoms with Crippen LogP contribution in [0, 0.1) is 5.92 Å². The zero-order valence-electron chi connectivity index (χ0n) is 15.6. The number of rotatable bonds is 6. The van der Waals surface area contributed by atoms with Crippen molar-refractivity contribution < 1.29 is 4.79 Å². The van der Waals surface area contributed by atoms with Gasteiger partial charge in [0.2, 0.25) is 0 Å². The van der Waals surface area contributed by atoms with Gasteiger partial charge in [-0.25, -0.2) is 4.68 Å². The van der Waals surface area contributed by atoms with Gasteiger partial charge in [-0.3, -0.25) is 9.59 Å². The molecule has 1 aliphatic carbocycles. The summed E-state index contributed by atoms with van der Waals surface area (Å²) in [4.78, 5) is 29.3. The first-order chi connectivity index (χ1) is 13.0. The number of aromatic nitrogens is 2. The minimum Gasteiger partial charge on any atom is -0.329 e. The molecule has 0 saturated heterocycles. The summed E-state index contributed by atoms with van der Waals surface area (Å²) in [6, 6.07) is 11.6. The Morgan fingerprint density at radius 2 is 1.96 bits per heavy atom. The molecule has 0 aliphatic heterocycles. The molecule has 0 atom stereocenters. The summed E-state index contributed by atoms with van der Waals surface area (Å²) in [5, 5.41) is 7.75. The molecular formula is C21H23N3O2S. The Morgan fingerprint density at radius 3 is 2.59 bits per heavy atom. The summed E-state index contributed by atoms with van der Waals surface area (Å²) < 4.78 is 1.45. The van der Waals surface area contributed by atoms with E-state index in [1.54, 1.807) is 17.4 Å². The highest BCUT2D eigenvalue weighted by Crippen LogP contribution is 2.31. The molecule has 140 valence electrons. The first-order valence-corrected chi connectivity index (χ1v) is 10.3. The maximum absolute atomic E-state index is 13.5. The van der Waals surface area contributed by atoms with Gasteiger partial charge in [0.1, 0.15) is 0 Å². The van der Waals surface area contributed by atoms with E-state index in [2.05, 4.69) is 11.2 Å². The van der Waals surface area contributed by atoms with Crippen molar-refractivity contribution in [3.8, 4) is 0 Å². The number of hydrogen-bond acceptors (Lipinski definition) is 4. The van der Waals surface area contributed by atoms with Gasteiger partial charge in [-0.1, -0.05) is 38.1 Å². The van der Waals surface area contributed by atoms with E-state index in [0.717, 1.165) is 17.7 Å². The third-order valence-electron chi connectivity index (χ3n) is 4.76. The zero-order chi connectivity index (χ0) is 19.0. The van der Waals surface area contributed by atoms with Crippen molar-refractivity contribution in [3.63, 3.8) is 0 Å². The Hall–Kier alpha value is -2.47. The van der Waals surface area contributed by atoms with Crippen molar-refractivity contribution in [1.82, 2.24) is 14.7 Å². The molecule has 6 heteroatoms. The summed E-state index contributed by atoms with van der Waals surface area (Å²) in [5.74, 6) is 0.185. The highest BCUT2D eigenvalue weighted by molar-refractivity contribution is 7.09. The zero-order valence-corrected chi connectivity index (χ0v) is 16.4. The summed E-state index contributed by atoms with van der Waals surface area (Å²) >= 11 is 1.66. The third-order valence-corrected chi connectivity index (χ3v) is 5.62. The number of nitrogens with zero attached hydrogens (tertiary/aromatic N) is 3. The standard InChI is InChI=1S/C21H23N3O2S/c1-14(2)12-24-20(25)18-8-4-3-7-17(18)19(22-24)21(26)23(15-9-10-15)13-16-6-5-11-27-16/h3-8,11,14-15H,9-10,12-13H2,1-2H3. The second-order valence-corrected chi connectivity index (χ2v) is 8.55. The Morgan fingerprint density at radius 1 is 1.22 bits per heavy atom. The molecule has 3 aromatic rings. The SMILES string of the molecule is CC(C)Cn1nc(C(=O)N(Cc2cccs2)C2CC2)c2ccccc2c1=O. The lowest BCUT2D eigenvalue weighted by Crippen LogP contribution is -2.36. The average Bonchev–Trinajstić information content (AvgIpc) is 3.37. The predicted octanol–water partition coefficient (Wildman–Crippen LogP) is 3.92. The lowest BCUT2D eigenvalue weighted by Gasteiger charge is -2.22. The van der Waals surface area contributed by atoms with Crippen LogP contribution in [0.5, 0.6) is 0 Å². The van der Waals surface area contributed by atoms with Crippen LogP contribution >= 0.6 is 11.3 Å². The molecule has 1 fully saturated rings. The number of hydrogen-bond donors (Lipinski definition) is 0. The van der Waals surface area contributed by atoms with Gasteiger partial charge in [-0.05, 0) is 36.3 Å². The fraction of sp³-hybridized carbons (Fsp3) is 0.381. The molecule has 1 aliphatic rings. The fourth-order valence-corrected chi connectivity index (χ4v) is 4.02. The van der Waals surface area contributed by atoms with Crippen LogP contribution in [0.3, 0.4) is 0 Å². The van der Waals surface area contributed by atoms with Crippen molar-refractivity contribution >= 4 is 28.0 Å². The van der Waals surface area contributed by atoms with Crippen molar-refractivity contribution in [2.75, 3.05) is 0 Å². The van der Waals surface area contributed by atoms with E-state index in [-0.39, 0.29) is 23.4 Å². The maximum Gasteiger partial charge on any atom is 0.275 e. The lowest BCUT2D eigenvalue weighted by molar-refractivity contribution is 0.0725. The summed E-state index contributed by atoms with van der Waals surface area (Å²) in [6.45, 7) is 5.18. The Kier molecular flexibility index (Phi) is 4.83. The van der Waals surface area contributed by atoms with Gasteiger partial charge in [0.05, 0.1) is 11.9 Å². The van der Waals surface area contributed by atoms with Crippen LogP contribution in [0.25, 0.3) is 10.8 Å². The van der Waals surface area contributed by atoms with Gasteiger partial charge in [0.25, 0.3) is 11.5 Å². The van der Waals surface area contributed by atoms with Crippen LogP contribution in [0.2, 0.25) is 0 Å². The quantitative estimate of drug-likeness (QED) is 0.650. The van der Waals surface area contributed by atoms with E-state index >= 15 is 0 Å². The van der Waals surface area contributed by atoms with Crippen LogP contribution in [0.4, 0.5) is 0 Å². The van der Waals surface area contributed by atoms with Crippen LogP contribution < -0.4 is 5.56 Å². The first kappa shape index (κ1) is 17.9. The van der Waals surface area contributed by atoms with Gasteiger partial charge in [-0.2, -0.15) is 5.10 Å². The van der Waals surface area contributed by atoms with Crippen LogP contribution in [0.15, 0.2) is 46.6 Å². The summed E-state index contributed by atoms with van der Waals surface area (Å²) in [5.41, 5.74) is 0.251. The molecule has 1 amide bonds. The highest BCUT2D eigenvalue weighted by atomic mass is 32.1. The minimum atomic E-state index is -0.132. The first-order valence-electron chi connectivity index (χ1n) is 9.38. The van der Waals surface area contributed by atoms with Crippen LogP contribution in [-0.2, 0) is 13.1 Å². The predicted molar refractivity (Wildman–Crippen MR) is 108 cm³/mol.